The minimum atomic E-state index is 0.00504. The molecule has 0 saturated carbocycles. The van der Waals surface area contributed by atoms with Crippen molar-refractivity contribution >= 4 is 16.6 Å². The molecule has 0 spiro atoms. The van der Waals surface area contributed by atoms with E-state index in [1.54, 1.807) is 0 Å². The van der Waals surface area contributed by atoms with Gasteiger partial charge in [0.25, 0.3) is 0 Å². The molecule has 0 aromatic heterocycles. The van der Waals surface area contributed by atoms with Crippen LogP contribution < -0.4 is 10.5 Å². The maximum Gasteiger partial charge on any atom is 0.122 e. The van der Waals surface area contributed by atoms with Gasteiger partial charge in [0.15, 0.2) is 0 Å². The van der Waals surface area contributed by atoms with Crippen molar-refractivity contribution in [3.63, 3.8) is 0 Å². The van der Waals surface area contributed by atoms with Gasteiger partial charge in [0.1, 0.15) is 18.2 Å². The van der Waals surface area contributed by atoms with E-state index in [1.165, 1.54) is 0 Å². The molecule has 0 aliphatic heterocycles. The summed E-state index contributed by atoms with van der Waals surface area (Å²) in [4.78, 5) is 0. The van der Waals surface area contributed by atoms with Gasteiger partial charge in [0, 0.05) is 5.56 Å². The van der Waals surface area contributed by atoms with Crippen molar-refractivity contribution in [3.05, 3.63) is 77.4 Å². The molecule has 0 atom stereocenters. The second kappa shape index (κ2) is 6.50. The van der Waals surface area contributed by atoms with Gasteiger partial charge in [-0.2, -0.15) is 0 Å². The zero-order valence-electron chi connectivity index (χ0n) is 12.6. The quantitative estimate of drug-likeness (QED) is 0.500. The average Bonchev–Trinajstić information content (AvgIpc) is 2.59. The number of aliphatic hydroxyl groups excluding tert-OH is 1. The highest BCUT2D eigenvalue weighted by Crippen LogP contribution is 2.23. The second-order valence-electron chi connectivity index (χ2n) is 5.35. The molecule has 0 aliphatic carbocycles. The Morgan fingerprint density at radius 1 is 0.957 bits per heavy atom. The van der Waals surface area contributed by atoms with E-state index in [2.05, 4.69) is 0 Å². The summed E-state index contributed by atoms with van der Waals surface area (Å²) < 4.78 is 5.84. The lowest BCUT2D eigenvalue weighted by Gasteiger charge is -2.10. The van der Waals surface area contributed by atoms with Crippen LogP contribution in [-0.2, 0) is 13.2 Å². The van der Waals surface area contributed by atoms with E-state index in [1.807, 2.05) is 60.7 Å². The van der Waals surface area contributed by atoms with Gasteiger partial charge in [-0.3, -0.25) is 5.41 Å². The zero-order chi connectivity index (χ0) is 16.2. The Bertz CT molecular complexity index is 859. The number of rotatable bonds is 5. The van der Waals surface area contributed by atoms with E-state index in [0.717, 1.165) is 27.6 Å². The molecule has 3 rings (SSSR count). The smallest absolute Gasteiger partial charge is 0.122 e. The van der Waals surface area contributed by atoms with Crippen LogP contribution >= 0.6 is 0 Å². The van der Waals surface area contributed by atoms with Crippen LogP contribution in [0.5, 0.6) is 5.75 Å². The molecule has 0 unspecified atom stereocenters. The fraction of sp³-hybridized carbons (Fsp3) is 0.105. The minimum Gasteiger partial charge on any atom is -0.489 e. The van der Waals surface area contributed by atoms with Gasteiger partial charge in [-0.15, -0.1) is 0 Å². The normalized spacial score (nSPS) is 10.7. The summed E-state index contributed by atoms with van der Waals surface area (Å²) in [6.45, 7) is 0.416. The van der Waals surface area contributed by atoms with Crippen molar-refractivity contribution in [1.82, 2.24) is 0 Å². The third kappa shape index (κ3) is 3.33. The first-order valence-corrected chi connectivity index (χ1v) is 7.36. The Hall–Kier alpha value is -2.85. The van der Waals surface area contributed by atoms with Gasteiger partial charge in [-0.25, -0.2) is 0 Å². The summed E-state index contributed by atoms with van der Waals surface area (Å²) in [5.41, 5.74) is 8.07. The van der Waals surface area contributed by atoms with Gasteiger partial charge in [0.05, 0.1) is 6.61 Å². The van der Waals surface area contributed by atoms with Crippen LogP contribution in [0.15, 0.2) is 60.7 Å². The van der Waals surface area contributed by atoms with E-state index in [4.69, 9.17) is 15.9 Å². The Morgan fingerprint density at radius 3 is 2.39 bits per heavy atom. The van der Waals surface area contributed by atoms with Crippen LogP contribution in [0.4, 0.5) is 0 Å². The Kier molecular flexibility index (Phi) is 4.26. The SMILES string of the molecule is N=C(N)c1ccc2cc(OCc3ccccc3CO)ccc2c1. The van der Waals surface area contributed by atoms with E-state index < -0.39 is 0 Å². The summed E-state index contributed by atoms with van der Waals surface area (Å²) in [6.07, 6.45) is 0. The Labute approximate surface area is 134 Å². The van der Waals surface area contributed by atoms with Crippen molar-refractivity contribution in [1.29, 1.82) is 5.41 Å². The van der Waals surface area contributed by atoms with Crippen LogP contribution in [0.2, 0.25) is 0 Å². The lowest BCUT2D eigenvalue weighted by atomic mass is 10.1. The number of benzene rings is 3. The topological polar surface area (TPSA) is 79.3 Å². The first-order valence-electron chi connectivity index (χ1n) is 7.36. The molecule has 23 heavy (non-hydrogen) atoms. The minimum absolute atomic E-state index is 0.00504. The van der Waals surface area contributed by atoms with E-state index in [0.29, 0.717) is 12.2 Å². The van der Waals surface area contributed by atoms with Gasteiger partial charge in [0.2, 0.25) is 0 Å². The summed E-state index contributed by atoms with van der Waals surface area (Å²) in [6, 6.07) is 19.1. The number of amidine groups is 1. The fourth-order valence-electron chi connectivity index (χ4n) is 2.49. The van der Waals surface area contributed by atoms with E-state index >= 15 is 0 Å². The summed E-state index contributed by atoms with van der Waals surface area (Å²) in [7, 11) is 0. The first kappa shape index (κ1) is 15.1. The maximum atomic E-state index is 9.34. The molecule has 0 aliphatic rings. The number of hydrogen-bond acceptors (Lipinski definition) is 3. The van der Waals surface area contributed by atoms with Crippen LogP contribution in [0.3, 0.4) is 0 Å². The molecule has 116 valence electrons. The van der Waals surface area contributed by atoms with Crippen molar-refractivity contribution in [3.8, 4) is 5.75 Å². The molecule has 0 radical (unpaired) electrons. The summed E-state index contributed by atoms with van der Waals surface area (Å²) >= 11 is 0. The molecule has 0 fully saturated rings. The molecule has 0 bridgehead atoms. The van der Waals surface area contributed by atoms with Crippen molar-refractivity contribution in [2.75, 3.05) is 0 Å². The molecule has 4 nitrogen and oxygen atoms in total. The lowest BCUT2D eigenvalue weighted by molar-refractivity contribution is 0.269. The van der Waals surface area contributed by atoms with Crippen LogP contribution in [0.1, 0.15) is 16.7 Å². The first-order chi connectivity index (χ1) is 11.2. The summed E-state index contributed by atoms with van der Waals surface area (Å²) in [5, 5.41) is 18.9. The molecule has 3 aromatic rings. The highest BCUT2D eigenvalue weighted by atomic mass is 16.5. The van der Waals surface area contributed by atoms with Gasteiger partial charge in [-0.05, 0) is 40.1 Å². The van der Waals surface area contributed by atoms with Crippen molar-refractivity contribution in [2.24, 2.45) is 5.73 Å². The Balaban J connectivity index is 1.81. The highest BCUT2D eigenvalue weighted by molar-refractivity contribution is 5.99. The van der Waals surface area contributed by atoms with Gasteiger partial charge in [-0.1, -0.05) is 42.5 Å². The molecule has 4 heteroatoms. The third-order valence-electron chi connectivity index (χ3n) is 3.81. The molecule has 0 heterocycles. The number of fused-ring (bicyclic) bond motifs is 1. The molecule has 0 saturated heterocycles. The second-order valence-corrected chi connectivity index (χ2v) is 5.35. The Morgan fingerprint density at radius 2 is 1.65 bits per heavy atom. The molecular formula is C19H18N2O2. The van der Waals surface area contributed by atoms with E-state index in [9.17, 15) is 5.11 Å². The largest absolute Gasteiger partial charge is 0.489 e. The third-order valence-corrected chi connectivity index (χ3v) is 3.81. The highest BCUT2D eigenvalue weighted by Gasteiger charge is 2.04. The lowest BCUT2D eigenvalue weighted by Crippen LogP contribution is -2.10. The number of hydrogen-bond donors (Lipinski definition) is 3. The van der Waals surface area contributed by atoms with Crippen LogP contribution in [0, 0.1) is 5.41 Å². The van der Waals surface area contributed by atoms with Crippen molar-refractivity contribution in [2.45, 2.75) is 13.2 Å². The van der Waals surface area contributed by atoms with Gasteiger partial charge >= 0.3 is 0 Å². The number of nitrogens with one attached hydrogen (secondary N) is 1. The van der Waals surface area contributed by atoms with Gasteiger partial charge < -0.3 is 15.6 Å². The zero-order valence-corrected chi connectivity index (χ0v) is 12.6. The number of nitrogen functional groups attached to an aromatic ring is 1. The number of nitrogens with two attached hydrogens (primary N) is 1. The van der Waals surface area contributed by atoms with Crippen molar-refractivity contribution < 1.29 is 9.84 Å². The number of aliphatic hydroxyl groups is 1. The molecular weight excluding hydrogens is 288 g/mol. The van der Waals surface area contributed by atoms with Crippen LogP contribution in [-0.4, -0.2) is 10.9 Å². The predicted octanol–water partition coefficient (Wildman–Crippen LogP) is 3.20. The predicted molar refractivity (Wildman–Crippen MR) is 91.7 cm³/mol. The van der Waals surface area contributed by atoms with Crippen LogP contribution in [0.25, 0.3) is 10.8 Å². The molecule has 4 N–H and O–H groups in total. The maximum absolute atomic E-state index is 9.34. The fourth-order valence-corrected chi connectivity index (χ4v) is 2.49. The molecule has 3 aromatic carbocycles. The standard InChI is InChI=1S/C19H18N2O2/c20-19(21)15-6-5-14-10-18(8-7-13(14)9-15)23-12-17-4-2-1-3-16(17)11-22/h1-10,22H,11-12H2,(H3,20,21). The average molecular weight is 306 g/mol. The molecule has 0 amide bonds. The van der Waals surface area contributed by atoms with E-state index in [-0.39, 0.29) is 12.4 Å². The monoisotopic (exact) mass is 306 g/mol. The number of ether oxygens (including phenoxy) is 1. The summed E-state index contributed by atoms with van der Waals surface area (Å²) in [5.74, 6) is 0.827.